The van der Waals surface area contributed by atoms with E-state index in [1.54, 1.807) is 7.11 Å². The van der Waals surface area contributed by atoms with E-state index in [2.05, 4.69) is 71.8 Å². The average Bonchev–Trinajstić information content (AvgIpc) is 3.13. The lowest BCUT2D eigenvalue weighted by molar-refractivity contribution is 0.0639. The fourth-order valence-corrected chi connectivity index (χ4v) is 4.96. The molecule has 1 fully saturated rings. The van der Waals surface area contributed by atoms with Crippen molar-refractivity contribution in [1.82, 2.24) is 19.3 Å². The lowest BCUT2D eigenvalue weighted by Crippen LogP contribution is -2.49. The van der Waals surface area contributed by atoms with Crippen LogP contribution in [0.15, 0.2) is 48.5 Å². The largest absolute Gasteiger partial charge is 0.497 e. The number of piperazine rings is 1. The van der Waals surface area contributed by atoms with Gasteiger partial charge in [-0.2, -0.15) is 0 Å². The summed E-state index contributed by atoms with van der Waals surface area (Å²) in [6.07, 6.45) is 2.09. The third-order valence-corrected chi connectivity index (χ3v) is 6.95. The summed E-state index contributed by atoms with van der Waals surface area (Å²) in [5.74, 6) is 0.933. The van der Waals surface area contributed by atoms with Crippen molar-refractivity contribution < 1.29 is 9.53 Å². The Kier molecular flexibility index (Phi) is 7.91. The summed E-state index contributed by atoms with van der Waals surface area (Å²) in [5, 5.41) is 0.998. The molecule has 2 aromatic carbocycles. The molecule has 3 aromatic rings. The van der Waals surface area contributed by atoms with Crippen molar-refractivity contribution in [1.29, 1.82) is 0 Å². The molecule has 0 bridgehead atoms. The van der Waals surface area contributed by atoms with Crippen LogP contribution >= 0.6 is 0 Å². The summed E-state index contributed by atoms with van der Waals surface area (Å²) < 4.78 is 7.80. The molecule has 0 saturated carbocycles. The van der Waals surface area contributed by atoms with Gasteiger partial charge in [-0.25, -0.2) is 0 Å². The van der Waals surface area contributed by atoms with Gasteiger partial charge >= 0.3 is 0 Å². The van der Waals surface area contributed by atoms with Gasteiger partial charge in [-0.05, 0) is 64.2 Å². The van der Waals surface area contributed by atoms with E-state index < -0.39 is 0 Å². The maximum absolute atomic E-state index is 13.8. The minimum atomic E-state index is 0.143. The molecule has 34 heavy (non-hydrogen) atoms. The van der Waals surface area contributed by atoms with Crippen LogP contribution in [0, 0.1) is 6.92 Å². The van der Waals surface area contributed by atoms with Crippen molar-refractivity contribution in [3.8, 4) is 5.75 Å². The molecule has 1 amide bonds. The Bertz CT molecular complexity index is 1100. The highest BCUT2D eigenvalue weighted by molar-refractivity contribution is 6.08. The van der Waals surface area contributed by atoms with Gasteiger partial charge in [0.05, 0.1) is 12.7 Å². The molecule has 0 radical (unpaired) electrons. The van der Waals surface area contributed by atoms with Crippen LogP contribution in [0.4, 0.5) is 0 Å². The van der Waals surface area contributed by atoms with E-state index in [0.717, 1.165) is 86.6 Å². The average molecular weight is 463 g/mol. The van der Waals surface area contributed by atoms with Crippen molar-refractivity contribution in [2.24, 2.45) is 0 Å². The van der Waals surface area contributed by atoms with Gasteiger partial charge in [0.25, 0.3) is 5.91 Å². The first kappa shape index (κ1) is 24.3. The zero-order chi connectivity index (χ0) is 24.1. The number of benzene rings is 2. The van der Waals surface area contributed by atoms with Gasteiger partial charge in [0, 0.05) is 55.9 Å². The van der Waals surface area contributed by atoms with Crippen LogP contribution in [0.2, 0.25) is 0 Å². The van der Waals surface area contributed by atoms with E-state index in [4.69, 9.17) is 4.74 Å². The van der Waals surface area contributed by atoms with Crippen LogP contribution in [-0.2, 0) is 13.0 Å². The zero-order valence-electron chi connectivity index (χ0n) is 21.1. The first-order chi connectivity index (χ1) is 16.5. The van der Waals surface area contributed by atoms with Crippen molar-refractivity contribution in [2.45, 2.75) is 26.3 Å². The fraction of sp³-hybridized carbons (Fsp3) is 0.464. The van der Waals surface area contributed by atoms with Crippen LogP contribution in [0.3, 0.4) is 0 Å². The SMILES string of the molecule is COc1ccc2c(c1)c(C(=O)N1CCN(CCc3ccccc3)CC1)c(C)n2CCCN(C)C. The minimum absolute atomic E-state index is 0.143. The molecule has 2 heterocycles. The van der Waals surface area contributed by atoms with E-state index in [9.17, 15) is 4.79 Å². The lowest BCUT2D eigenvalue weighted by Gasteiger charge is -2.35. The topological polar surface area (TPSA) is 41.0 Å². The monoisotopic (exact) mass is 462 g/mol. The molecule has 0 atom stereocenters. The van der Waals surface area contributed by atoms with E-state index in [1.165, 1.54) is 5.56 Å². The van der Waals surface area contributed by atoms with Gasteiger partial charge < -0.3 is 19.1 Å². The molecular weight excluding hydrogens is 424 g/mol. The summed E-state index contributed by atoms with van der Waals surface area (Å²) in [5.41, 5.74) is 4.37. The lowest BCUT2D eigenvalue weighted by atomic mass is 10.1. The van der Waals surface area contributed by atoms with Crippen LogP contribution in [0.5, 0.6) is 5.75 Å². The number of aromatic nitrogens is 1. The number of rotatable bonds is 9. The van der Waals surface area contributed by atoms with Crippen LogP contribution < -0.4 is 4.74 Å². The molecule has 0 unspecified atom stereocenters. The molecule has 0 N–H and O–H groups in total. The van der Waals surface area contributed by atoms with E-state index in [-0.39, 0.29) is 5.91 Å². The Balaban J connectivity index is 1.48. The van der Waals surface area contributed by atoms with Crippen LogP contribution in [0.1, 0.15) is 28.0 Å². The van der Waals surface area contributed by atoms with E-state index in [0.29, 0.717) is 0 Å². The van der Waals surface area contributed by atoms with Gasteiger partial charge in [-0.15, -0.1) is 0 Å². The molecule has 0 spiro atoms. The van der Waals surface area contributed by atoms with Gasteiger partial charge in [0.15, 0.2) is 0 Å². The molecule has 0 aliphatic carbocycles. The highest BCUT2D eigenvalue weighted by atomic mass is 16.5. The third-order valence-electron chi connectivity index (χ3n) is 6.95. The summed E-state index contributed by atoms with van der Waals surface area (Å²) in [6.45, 7) is 8.41. The summed E-state index contributed by atoms with van der Waals surface area (Å²) >= 11 is 0. The standard InChI is InChI=1S/C28H38N4O2/c1-22-27(25-21-24(34-4)11-12-26(25)32(22)15-8-14-29(2)3)28(33)31-19-17-30(18-20-31)16-13-23-9-6-5-7-10-23/h5-7,9-12,21H,8,13-20H2,1-4H3. The first-order valence-electron chi connectivity index (χ1n) is 12.3. The molecular formula is C28H38N4O2. The molecule has 182 valence electrons. The Morgan fingerprint density at radius 3 is 2.41 bits per heavy atom. The van der Waals surface area contributed by atoms with E-state index in [1.807, 2.05) is 17.0 Å². The molecule has 1 aliphatic heterocycles. The predicted octanol–water partition coefficient (Wildman–Crippen LogP) is 3.91. The second-order valence-corrected chi connectivity index (χ2v) is 9.52. The Morgan fingerprint density at radius 2 is 1.74 bits per heavy atom. The van der Waals surface area contributed by atoms with Gasteiger partial charge in [-0.1, -0.05) is 30.3 Å². The quantitative estimate of drug-likeness (QED) is 0.484. The number of carbonyl (C=O) groups is 1. The molecule has 6 heteroatoms. The van der Waals surface area contributed by atoms with Crippen molar-refractivity contribution >= 4 is 16.8 Å². The number of aryl methyl sites for hydroxylation is 1. The second kappa shape index (κ2) is 11.1. The normalized spacial score (nSPS) is 14.8. The number of ether oxygens (including phenoxy) is 1. The zero-order valence-corrected chi connectivity index (χ0v) is 21.1. The molecule has 1 saturated heterocycles. The number of hydrogen-bond acceptors (Lipinski definition) is 4. The number of amides is 1. The number of methoxy groups -OCH3 is 1. The number of carbonyl (C=O) groups excluding carboxylic acids is 1. The smallest absolute Gasteiger partial charge is 0.256 e. The minimum Gasteiger partial charge on any atom is -0.497 e. The van der Waals surface area contributed by atoms with Crippen molar-refractivity contribution in [2.75, 3.05) is 60.5 Å². The number of nitrogens with zero attached hydrogens (tertiary/aromatic N) is 4. The predicted molar refractivity (Wildman–Crippen MR) is 139 cm³/mol. The summed E-state index contributed by atoms with van der Waals surface area (Å²) in [7, 11) is 5.87. The number of hydrogen-bond donors (Lipinski definition) is 0. The van der Waals surface area contributed by atoms with Gasteiger partial charge in [0.2, 0.25) is 0 Å². The second-order valence-electron chi connectivity index (χ2n) is 9.52. The van der Waals surface area contributed by atoms with Crippen molar-refractivity contribution in [3.05, 3.63) is 65.4 Å². The maximum Gasteiger partial charge on any atom is 0.256 e. The summed E-state index contributed by atoms with van der Waals surface area (Å²) in [4.78, 5) is 20.5. The van der Waals surface area contributed by atoms with Crippen molar-refractivity contribution in [3.63, 3.8) is 0 Å². The Labute approximate surface area is 203 Å². The molecule has 1 aromatic heterocycles. The molecule has 1 aliphatic rings. The number of fused-ring (bicyclic) bond motifs is 1. The maximum atomic E-state index is 13.8. The van der Waals surface area contributed by atoms with Crippen LogP contribution in [-0.4, -0.2) is 85.6 Å². The molecule has 4 rings (SSSR count). The highest BCUT2D eigenvalue weighted by Crippen LogP contribution is 2.31. The Morgan fingerprint density at radius 1 is 1.00 bits per heavy atom. The Hall–Kier alpha value is -2.83. The third kappa shape index (κ3) is 5.45. The van der Waals surface area contributed by atoms with E-state index >= 15 is 0 Å². The molecule has 6 nitrogen and oxygen atoms in total. The van der Waals surface area contributed by atoms with Crippen LogP contribution in [0.25, 0.3) is 10.9 Å². The highest BCUT2D eigenvalue weighted by Gasteiger charge is 2.27. The fourth-order valence-electron chi connectivity index (χ4n) is 4.96. The summed E-state index contributed by atoms with van der Waals surface area (Å²) in [6, 6.07) is 16.7. The van der Waals surface area contributed by atoms with Gasteiger partial charge in [-0.3, -0.25) is 9.69 Å². The first-order valence-corrected chi connectivity index (χ1v) is 12.3. The van der Waals surface area contributed by atoms with Gasteiger partial charge in [0.1, 0.15) is 5.75 Å².